The summed E-state index contributed by atoms with van der Waals surface area (Å²) in [6, 6.07) is 72.4. The van der Waals surface area contributed by atoms with E-state index in [0.29, 0.717) is 5.82 Å². The van der Waals surface area contributed by atoms with Crippen LogP contribution in [0.2, 0.25) is 0 Å². The van der Waals surface area contributed by atoms with E-state index in [2.05, 4.69) is 204 Å². The van der Waals surface area contributed by atoms with Crippen molar-refractivity contribution in [1.29, 1.82) is 0 Å². The van der Waals surface area contributed by atoms with E-state index in [1.165, 1.54) is 16.3 Å². The van der Waals surface area contributed by atoms with Gasteiger partial charge in [-0.25, -0.2) is 9.97 Å². The first-order valence-corrected chi connectivity index (χ1v) is 18.3. The normalized spacial score (nSPS) is 11.3. The number of hydrogen-bond acceptors (Lipinski definition) is 4. The first-order valence-electron chi connectivity index (χ1n) is 18.3. The molecule has 8 aromatic carbocycles. The molecule has 0 spiro atoms. The van der Waals surface area contributed by atoms with E-state index in [-0.39, 0.29) is 0 Å². The summed E-state index contributed by atoms with van der Waals surface area (Å²) in [6.45, 7) is 0. The first-order chi connectivity index (χ1) is 26.8. The molecule has 0 atom stereocenters. The number of anilines is 6. The van der Waals surface area contributed by atoms with Gasteiger partial charge in [0.05, 0.1) is 11.4 Å². The van der Waals surface area contributed by atoms with Crippen molar-refractivity contribution in [1.82, 2.24) is 9.97 Å². The molecule has 0 amide bonds. The summed E-state index contributed by atoms with van der Waals surface area (Å²) < 4.78 is 0. The SMILES string of the molecule is c1ccc(N(c2ccccc2)c2ccc(-c3nc(-c4ccc(N(c5ccccc5)c5ccccc5)cc4)c4c(n3)-c3cccc5cccc-4c35)cc2)cc1. The lowest BCUT2D eigenvalue weighted by Gasteiger charge is -2.25. The van der Waals surface area contributed by atoms with Crippen LogP contribution in [0.4, 0.5) is 34.1 Å². The molecule has 0 radical (unpaired) electrons. The Kier molecular flexibility index (Phi) is 7.77. The monoisotopic (exact) mass is 690 g/mol. The Morgan fingerprint density at radius 1 is 0.296 bits per heavy atom. The molecule has 0 aliphatic heterocycles. The minimum atomic E-state index is 0.699. The number of nitrogens with zero attached hydrogens (tertiary/aromatic N) is 4. The third kappa shape index (κ3) is 5.49. The van der Waals surface area contributed by atoms with Crippen molar-refractivity contribution in [2.24, 2.45) is 0 Å². The second kappa shape index (κ2) is 13.4. The Balaban J connectivity index is 1.10. The third-order valence-electron chi connectivity index (χ3n) is 10.2. The van der Waals surface area contributed by atoms with Crippen molar-refractivity contribution in [3.05, 3.63) is 206 Å². The zero-order valence-electron chi connectivity index (χ0n) is 29.4. The third-order valence-corrected chi connectivity index (χ3v) is 10.2. The van der Waals surface area contributed by atoms with E-state index in [1.54, 1.807) is 0 Å². The van der Waals surface area contributed by atoms with Gasteiger partial charge in [0.1, 0.15) is 0 Å². The summed E-state index contributed by atoms with van der Waals surface area (Å²) in [5.74, 6) is 0.699. The van der Waals surface area contributed by atoms with Crippen LogP contribution in [0.3, 0.4) is 0 Å². The second-order valence-electron chi connectivity index (χ2n) is 13.4. The highest BCUT2D eigenvalue weighted by molar-refractivity contribution is 6.17. The maximum atomic E-state index is 5.40. The van der Waals surface area contributed by atoms with E-state index < -0.39 is 0 Å². The highest BCUT2D eigenvalue weighted by Crippen LogP contribution is 2.50. The number of aromatic nitrogens is 2. The van der Waals surface area contributed by atoms with Crippen molar-refractivity contribution in [2.75, 3.05) is 9.80 Å². The van der Waals surface area contributed by atoms with Crippen LogP contribution in [0.5, 0.6) is 0 Å². The van der Waals surface area contributed by atoms with E-state index in [1.807, 2.05) is 12.1 Å². The van der Waals surface area contributed by atoms with Crippen LogP contribution in [0.15, 0.2) is 206 Å². The van der Waals surface area contributed by atoms with Gasteiger partial charge in [-0.3, -0.25) is 0 Å². The zero-order valence-corrected chi connectivity index (χ0v) is 29.4. The molecule has 1 aliphatic carbocycles. The average molecular weight is 691 g/mol. The highest BCUT2D eigenvalue weighted by Gasteiger charge is 2.28. The standard InChI is InChI=1S/C50H34N4/c1-5-17-38(18-6-1)53(39-19-7-2-8-20-39)42-31-27-36(28-32-42)48-47-44-25-13-15-35-16-14-26-45(46(35)44)49(47)52-50(51-48)37-29-33-43(34-30-37)54(40-21-9-3-10-22-40)41-23-11-4-12-24-41/h1-34H. The summed E-state index contributed by atoms with van der Waals surface area (Å²) in [6.07, 6.45) is 0. The number of hydrogen-bond donors (Lipinski definition) is 0. The molecule has 4 nitrogen and oxygen atoms in total. The molecule has 1 heterocycles. The fourth-order valence-electron chi connectivity index (χ4n) is 7.73. The van der Waals surface area contributed by atoms with Crippen LogP contribution in [-0.4, -0.2) is 9.97 Å². The van der Waals surface area contributed by atoms with Crippen molar-refractivity contribution in [2.45, 2.75) is 0 Å². The largest absolute Gasteiger partial charge is 0.311 e. The predicted molar refractivity (Wildman–Crippen MR) is 224 cm³/mol. The zero-order chi connectivity index (χ0) is 35.8. The maximum absolute atomic E-state index is 5.40. The molecule has 0 bridgehead atoms. The Bertz CT molecular complexity index is 2650. The van der Waals surface area contributed by atoms with E-state index >= 15 is 0 Å². The van der Waals surface area contributed by atoms with Gasteiger partial charge in [-0.15, -0.1) is 0 Å². The van der Waals surface area contributed by atoms with Crippen molar-refractivity contribution < 1.29 is 0 Å². The topological polar surface area (TPSA) is 32.3 Å². The fourth-order valence-corrected chi connectivity index (χ4v) is 7.73. The van der Waals surface area contributed by atoms with Crippen LogP contribution < -0.4 is 9.80 Å². The number of para-hydroxylation sites is 4. The maximum Gasteiger partial charge on any atom is 0.160 e. The molecule has 4 heteroatoms. The molecule has 254 valence electrons. The van der Waals surface area contributed by atoms with Gasteiger partial charge < -0.3 is 9.80 Å². The Hall–Kier alpha value is -7.30. The lowest BCUT2D eigenvalue weighted by molar-refractivity contribution is 1.19. The first kappa shape index (κ1) is 31.4. The van der Waals surface area contributed by atoms with Gasteiger partial charge in [0.15, 0.2) is 5.82 Å². The van der Waals surface area contributed by atoms with Crippen LogP contribution in [-0.2, 0) is 0 Å². The summed E-state index contributed by atoms with van der Waals surface area (Å²) in [7, 11) is 0. The van der Waals surface area contributed by atoms with Crippen molar-refractivity contribution in [3.63, 3.8) is 0 Å². The minimum absolute atomic E-state index is 0.699. The van der Waals surface area contributed by atoms with Gasteiger partial charge in [-0.05, 0) is 101 Å². The molecular weight excluding hydrogens is 657 g/mol. The van der Waals surface area contributed by atoms with E-state index in [0.717, 1.165) is 67.8 Å². The molecule has 1 aliphatic rings. The van der Waals surface area contributed by atoms with Crippen LogP contribution in [0.25, 0.3) is 55.8 Å². The second-order valence-corrected chi connectivity index (χ2v) is 13.4. The number of benzene rings is 8. The van der Waals surface area contributed by atoms with Crippen LogP contribution in [0, 0.1) is 0 Å². The van der Waals surface area contributed by atoms with Crippen LogP contribution >= 0.6 is 0 Å². The molecule has 0 fully saturated rings. The Morgan fingerprint density at radius 3 is 1.15 bits per heavy atom. The molecule has 0 unspecified atom stereocenters. The van der Waals surface area contributed by atoms with Crippen LogP contribution in [0.1, 0.15) is 0 Å². The molecule has 10 rings (SSSR count). The molecule has 0 saturated heterocycles. The smallest absolute Gasteiger partial charge is 0.160 e. The molecule has 0 saturated carbocycles. The van der Waals surface area contributed by atoms with Gasteiger partial charge in [0.2, 0.25) is 0 Å². The van der Waals surface area contributed by atoms with Gasteiger partial charge in [-0.1, -0.05) is 121 Å². The van der Waals surface area contributed by atoms with Gasteiger partial charge in [-0.2, -0.15) is 0 Å². The van der Waals surface area contributed by atoms with Crippen molar-refractivity contribution >= 4 is 44.9 Å². The predicted octanol–water partition coefficient (Wildman–Crippen LogP) is 13.6. The number of rotatable bonds is 8. The molecule has 1 aromatic heterocycles. The molecule has 0 N–H and O–H groups in total. The van der Waals surface area contributed by atoms with Gasteiger partial charge in [0, 0.05) is 56.4 Å². The number of fused-ring (bicyclic) bond motifs is 3. The van der Waals surface area contributed by atoms with E-state index in [4.69, 9.17) is 9.97 Å². The fraction of sp³-hybridized carbons (Fsp3) is 0. The van der Waals surface area contributed by atoms with Gasteiger partial charge in [0.25, 0.3) is 0 Å². The molecule has 54 heavy (non-hydrogen) atoms. The molecule has 9 aromatic rings. The summed E-state index contributed by atoms with van der Waals surface area (Å²) in [5.41, 5.74) is 13.8. The van der Waals surface area contributed by atoms with Gasteiger partial charge >= 0.3 is 0 Å². The average Bonchev–Trinajstić information content (AvgIpc) is 3.58. The summed E-state index contributed by atoms with van der Waals surface area (Å²) in [5, 5.41) is 2.44. The summed E-state index contributed by atoms with van der Waals surface area (Å²) in [4.78, 5) is 15.3. The van der Waals surface area contributed by atoms with E-state index in [9.17, 15) is 0 Å². The Labute approximate surface area is 314 Å². The summed E-state index contributed by atoms with van der Waals surface area (Å²) >= 11 is 0. The lowest BCUT2D eigenvalue weighted by Crippen LogP contribution is -2.09. The highest BCUT2D eigenvalue weighted by atomic mass is 15.1. The lowest BCUT2D eigenvalue weighted by atomic mass is 9.99. The minimum Gasteiger partial charge on any atom is -0.311 e. The Morgan fingerprint density at radius 2 is 0.685 bits per heavy atom. The quantitative estimate of drug-likeness (QED) is 0.159. The van der Waals surface area contributed by atoms with Crippen molar-refractivity contribution in [3.8, 4) is 45.0 Å². The molecular formula is C50H34N4.